The first kappa shape index (κ1) is 25.9. The van der Waals surface area contributed by atoms with Crippen LogP contribution in [0.3, 0.4) is 0 Å². The molecular weight excluding hydrogens is 436 g/mol. The largest absolute Gasteiger partial charge is 0.444 e. The van der Waals surface area contributed by atoms with Gasteiger partial charge >= 0.3 is 12.2 Å². The van der Waals surface area contributed by atoms with Crippen molar-refractivity contribution < 1.29 is 27.8 Å². The number of amides is 2. The molecule has 1 aromatic rings. The Balaban J connectivity index is 2.50. The van der Waals surface area contributed by atoms with Crippen LogP contribution in [0.4, 0.5) is 29.9 Å². The second-order valence-electron chi connectivity index (χ2n) is 9.68. The zero-order chi connectivity index (χ0) is 25.3. The van der Waals surface area contributed by atoms with Crippen molar-refractivity contribution in [2.45, 2.75) is 77.7 Å². The summed E-state index contributed by atoms with van der Waals surface area (Å²) >= 11 is 0. The molecule has 0 saturated carbocycles. The lowest BCUT2D eigenvalue weighted by Gasteiger charge is -2.28. The fraction of sp³-hybridized carbons (Fsp3) is 0.636. The van der Waals surface area contributed by atoms with Crippen LogP contribution in [0.5, 0.6) is 0 Å². The highest BCUT2D eigenvalue weighted by Gasteiger charge is 2.45. The molecule has 11 heteroatoms. The molecular formula is C22H29F2N5O4. The number of carbonyl (C=O) groups is 2. The number of halogens is 2. The number of rotatable bonds is 3. The first-order valence-corrected chi connectivity index (χ1v) is 10.3. The maximum absolute atomic E-state index is 13.8. The monoisotopic (exact) mass is 465 g/mol. The predicted octanol–water partition coefficient (Wildman–Crippen LogP) is 4.60. The minimum Gasteiger partial charge on any atom is -0.444 e. The molecule has 0 aromatic carbocycles. The van der Waals surface area contributed by atoms with E-state index in [-0.39, 0.29) is 30.2 Å². The molecule has 1 aromatic heterocycles. The Hall–Kier alpha value is -3.34. The van der Waals surface area contributed by atoms with E-state index in [2.05, 4.69) is 15.9 Å². The molecule has 180 valence electrons. The minimum atomic E-state index is -2.84. The smallest absolute Gasteiger partial charge is 0.414 e. The summed E-state index contributed by atoms with van der Waals surface area (Å²) in [5.41, 5.74) is -1.82. The molecule has 1 fully saturated rings. The van der Waals surface area contributed by atoms with E-state index in [1.165, 1.54) is 11.7 Å². The maximum atomic E-state index is 13.8. The van der Waals surface area contributed by atoms with Crippen molar-refractivity contribution in [1.82, 2.24) is 14.7 Å². The van der Waals surface area contributed by atoms with Crippen LogP contribution in [-0.4, -0.2) is 64.1 Å². The van der Waals surface area contributed by atoms with Gasteiger partial charge in [-0.2, -0.15) is 5.10 Å². The Labute approximate surface area is 192 Å². The highest BCUT2D eigenvalue weighted by Crippen LogP contribution is 2.40. The average molecular weight is 466 g/mol. The van der Waals surface area contributed by atoms with E-state index in [4.69, 9.17) is 22.5 Å². The van der Waals surface area contributed by atoms with Gasteiger partial charge in [-0.3, -0.25) is 14.5 Å². The van der Waals surface area contributed by atoms with Gasteiger partial charge in [0, 0.05) is 13.6 Å². The van der Waals surface area contributed by atoms with E-state index in [0.29, 0.717) is 0 Å². The number of aromatic nitrogens is 2. The highest BCUT2D eigenvalue weighted by molar-refractivity contribution is 5.92. The normalized spacial score (nSPS) is 18.6. The average Bonchev–Trinajstić information content (AvgIpc) is 3.26. The van der Waals surface area contributed by atoms with Gasteiger partial charge in [-0.05, 0) is 48.0 Å². The fourth-order valence-corrected chi connectivity index (χ4v) is 3.39. The van der Waals surface area contributed by atoms with Gasteiger partial charge in [0.15, 0.2) is 0 Å². The molecule has 33 heavy (non-hydrogen) atoms. The quantitative estimate of drug-likeness (QED) is 0.481. The zero-order valence-corrected chi connectivity index (χ0v) is 19.8. The first-order valence-electron chi connectivity index (χ1n) is 10.3. The van der Waals surface area contributed by atoms with Crippen molar-refractivity contribution in [2.24, 2.45) is 0 Å². The number of terminal acetylenes is 1. The summed E-state index contributed by atoms with van der Waals surface area (Å²) in [6.07, 6.45) is 0.834. The summed E-state index contributed by atoms with van der Waals surface area (Å²) in [5, 5.41) is 4.24. The zero-order valence-electron chi connectivity index (χ0n) is 19.8. The third-order valence-electron chi connectivity index (χ3n) is 4.68. The van der Waals surface area contributed by atoms with Crippen molar-refractivity contribution in [3.63, 3.8) is 0 Å². The van der Waals surface area contributed by atoms with Crippen LogP contribution in [0, 0.1) is 18.9 Å². The summed E-state index contributed by atoms with van der Waals surface area (Å²) in [4.78, 5) is 30.7. The Morgan fingerprint density at radius 1 is 1.24 bits per heavy atom. The molecule has 0 spiro atoms. The topological polar surface area (TPSA) is 81.3 Å². The molecule has 0 N–H and O–H groups in total. The van der Waals surface area contributed by atoms with Crippen molar-refractivity contribution in [1.29, 1.82) is 0 Å². The summed E-state index contributed by atoms with van der Waals surface area (Å²) in [6.45, 7) is 17.3. The van der Waals surface area contributed by atoms with Crippen LogP contribution in [0.1, 0.15) is 59.7 Å². The molecule has 0 unspecified atom stereocenters. The molecule has 2 rings (SSSR count). The predicted molar refractivity (Wildman–Crippen MR) is 117 cm³/mol. The second kappa shape index (κ2) is 9.26. The number of hydrogen-bond acceptors (Lipinski definition) is 5. The van der Waals surface area contributed by atoms with Crippen molar-refractivity contribution in [3.05, 3.63) is 17.1 Å². The third-order valence-corrected chi connectivity index (χ3v) is 4.68. The standard InChI is InChI=1S/C22H29F2N5O4/c1-10-14-16(25-8)18(27(9)19(30)32-21(2,3)4)29(26-14)13-11-15(17(23)24)28(12-13)20(31)33-22(5,6)7/h1,13,15,17H,11-12H2,2-7,9H3/t13-,15+/m0/s1. The van der Waals surface area contributed by atoms with Crippen LogP contribution < -0.4 is 4.90 Å². The number of alkyl halides is 2. The molecule has 2 amide bonds. The summed E-state index contributed by atoms with van der Waals surface area (Å²) in [6, 6.07) is -2.21. The van der Waals surface area contributed by atoms with E-state index in [1.807, 2.05) is 0 Å². The highest BCUT2D eigenvalue weighted by atomic mass is 19.3. The van der Waals surface area contributed by atoms with Crippen LogP contribution in [0.2, 0.25) is 0 Å². The van der Waals surface area contributed by atoms with E-state index in [0.717, 1.165) is 9.80 Å². The summed E-state index contributed by atoms with van der Waals surface area (Å²) < 4.78 is 39.6. The number of hydrogen-bond donors (Lipinski definition) is 0. The van der Waals surface area contributed by atoms with Gasteiger partial charge in [0.1, 0.15) is 22.7 Å². The molecule has 2 heterocycles. The van der Waals surface area contributed by atoms with Gasteiger partial charge in [-0.25, -0.2) is 23.2 Å². The Bertz CT molecular complexity index is 995. The molecule has 1 aliphatic heterocycles. The molecule has 0 aliphatic carbocycles. The number of ether oxygens (including phenoxy) is 2. The molecule has 9 nitrogen and oxygen atoms in total. The maximum Gasteiger partial charge on any atom is 0.414 e. The van der Waals surface area contributed by atoms with E-state index < -0.39 is 41.9 Å². The van der Waals surface area contributed by atoms with E-state index in [9.17, 15) is 18.4 Å². The molecule has 0 radical (unpaired) electrons. The first-order chi connectivity index (χ1) is 15.1. The SMILES string of the molecule is [C-]#[N+]c1c(C#C)nn([C@H]2C[C@H](C(F)F)N(C(=O)OC(C)(C)C)C2)c1N(C)C(=O)OC(C)(C)C. The second-order valence-corrected chi connectivity index (χ2v) is 9.68. The summed E-state index contributed by atoms with van der Waals surface area (Å²) in [5.74, 6) is 2.30. The van der Waals surface area contributed by atoms with Crippen molar-refractivity contribution in [2.75, 3.05) is 18.5 Å². The third kappa shape index (κ3) is 5.92. The molecule has 1 saturated heterocycles. The Kier molecular flexibility index (Phi) is 7.27. The van der Waals surface area contributed by atoms with Gasteiger partial charge in [-0.1, -0.05) is 5.92 Å². The van der Waals surface area contributed by atoms with Gasteiger partial charge in [0.05, 0.1) is 18.7 Å². The van der Waals surface area contributed by atoms with Gasteiger partial charge in [0.2, 0.25) is 0 Å². The molecule has 2 atom stereocenters. The lowest BCUT2D eigenvalue weighted by atomic mass is 10.2. The van der Waals surface area contributed by atoms with E-state index in [1.54, 1.807) is 41.5 Å². The Morgan fingerprint density at radius 3 is 2.27 bits per heavy atom. The Morgan fingerprint density at radius 2 is 1.82 bits per heavy atom. The fourth-order valence-electron chi connectivity index (χ4n) is 3.39. The molecule has 1 aliphatic rings. The van der Waals surface area contributed by atoms with Crippen LogP contribution >= 0.6 is 0 Å². The lowest BCUT2D eigenvalue weighted by molar-refractivity contribution is -0.00233. The van der Waals surface area contributed by atoms with Gasteiger partial charge < -0.3 is 9.47 Å². The lowest BCUT2D eigenvalue weighted by Crippen LogP contribution is -2.43. The minimum absolute atomic E-state index is 0.0104. The van der Waals surface area contributed by atoms with Crippen molar-refractivity contribution in [3.8, 4) is 12.3 Å². The number of nitrogens with zero attached hydrogens (tertiary/aromatic N) is 5. The molecule has 0 bridgehead atoms. The van der Waals surface area contributed by atoms with Crippen LogP contribution in [0.25, 0.3) is 4.85 Å². The van der Waals surface area contributed by atoms with Crippen molar-refractivity contribution >= 4 is 23.7 Å². The number of likely N-dealkylation sites (tertiary alicyclic amines) is 1. The number of anilines is 1. The van der Waals surface area contributed by atoms with E-state index >= 15 is 0 Å². The number of carbonyl (C=O) groups excluding carboxylic acids is 2. The van der Waals surface area contributed by atoms with Gasteiger partial charge in [-0.15, -0.1) is 6.42 Å². The van der Waals surface area contributed by atoms with Gasteiger partial charge in [0.25, 0.3) is 12.1 Å². The van der Waals surface area contributed by atoms with Crippen LogP contribution in [-0.2, 0) is 9.47 Å². The van der Waals surface area contributed by atoms with Crippen LogP contribution in [0.15, 0.2) is 0 Å². The summed E-state index contributed by atoms with van der Waals surface area (Å²) in [7, 11) is 1.38.